The van der Waals surface area contributed by atoms with Crippen molar-refractivity contribution in [2.24, 2.45) is 5.92 Å². The minimum absolute atomic E-state index is 0.0969. The Morgan fingerprint density at radius 3 is 2.83 bits per heavy atom. The Hall–Kier alpha value is -1.58. The predicted molar refractivity (Wildman–Crippen MR) is 90.8 cm³/mol. The zero-order valence-corrected chi connectivity index (χ0v) is 15.3. The van der Waals surface area contributed by atoms with Gasteiger partial charge in [-0.3, -0.25) is 4.79 Å². The minimum atomic E-state index is -0.725. The van der Waals surface area contributed by atoms with Crippen LogP contribution in [0, 0.1) is 17.2 Å². The summed E-state index contributed by atoms with van der Waals surface area (Å²) in [4.78, 5) is 12.1. The van der Waals surface area contributed by atoms with E-state index in [2.05, 4.69) is 27.3 Å². The molecule has 1 saturated carbocycles. The molecular weight excluding hydrogens is 358 g/mol. The lowest BCUT2D eigenvalue weighted by Gasteiger charge is -2.22. The van der Waals surface area contributed by atoms with Gasteiger partial charge >= 0.3 is 0 Å². The normalized spacial score (nSPS) is 17.7. The van der Waals surface area contributed by atoms with Crippen LogP contribution < -0.4 is 15.4 Å². The highest BCUT2D eigenvalue weighted by Gasteiger charge is 2.43. The number of nitriles is 1. The molecule has 0 heterocycles. The molecule has 1 fully saturated rings. The van der Waals surface area contributed by atoms with Gasteiger partial charge in [-0.1, -0.05) is 0 Å². The van der Waals surface area contributed by atoms with Gasteiger partial charge in [-0.25, -0.2) is 0 Å². The zero-order chi connectivity index (χ0) is 17.0. The van der Waals surface area contributed by atoms with Gasteiger partial charge in [-0.15, -0.1) is 0 Å². The summed E-state index contributed by atoms with van der Waals surface area (Å²) < 4.78 is 6.12. The van der Waals surface area contributed by atoms with Gasteiger partial charge in [0.1, 0.15) is 17.3 Å². The molecule has 0 unspecified atom stereocenters. The van der Waals surface area contributed by atoms with Gasteiger partial charge in [0.2, 0.25) is 0 Å². The molecular formula is C17H23BrN3O2+. The van der Waals surface area contributed by atoms with Crippen LogP contribution in [0.25, 0.3) is 0 Å². The van der Waals surface area contributed by atoms with Crippen LogP contribution in [0.3, 0.4) is 0 Å². The van der Waals surface area contributed by atoms with Crippen LogP contribution in [0.4, 0.5) is 0 Å². The molecule has 1 aliphatic carbocycles. The largest absolute Gasteiger partial charge is 0.496 e. The van der Waals surface area contributed by atoms with Crippen molar-refractivity contribution < 1.29 is 14.8 Å². The minimum Gasteiger partial charge on any atom is -0.496 e. The van der Waals surface area contributed by atoms with Crippen molar-refractivity contribution in [3.63, 3.8) is 0 Å². The van der Waals surface area contributed by atoms with E-state index in [0.29, 0.717) is 12.5 Å². The molecule has 0 saturated heterocycles. The summed E-state index contributed by atoms with van der Waals surface area (Å²) in [5, 5.41) is 14.1. The monoisotopic (exact) mass is 380 g/mol. The van der Waals surface area contributed by atoms with Crippen LogP contribution in [0.2, 0.25) is 0 Å². The van der Waals surface area contributed by atoms with Crippen molar-refractivity contribution in [3.05, 3.63) is 28.2 Å². The van der Waals surface area contributed by atoms with Crippen molar-refractivity contribution in [2.75, 3.05) is 13.7 Å². The first-order chi connectivity index (χ1) is 10.9. The van der Waals surface area contributed by atoms with Crippen molar-refractivity contribution >= 4 is 21.8 Å². The van der Waals surface area contributed by atoms with Crippen LogP contribution in [-0.2, 0) is 4.79 Å². The van der Waals surface area contributed by atoms with E-state index in [1.165, 1.54) is 0 Å². The molecule has 2 rings (SSSR count). The van der Waals surface area contributed by atoms with E-state index in [9.17, 15) is 10.1 Å². The molecule has 1 amide bonds. The number of hydrogen-bond donors (Lipinski definition) is 2. The maximum atomic E-state index is 12.1. The standard InChI is InChI=1S/C17H22BrN3O2/c1-11(12-4-7-15(23-3)14(18)8-12)20-9-16(22)21-17(2,10-19)13-5-6-13/h4,7-8,11,13,20H,5-6,9H2,1-3H3,(H,21,22)/p+1/t11-,17+/m1/s1. The summed E-state index contributed by atoms with van der Waals surface area (Å²) in [5.74, 6) is 0.986. The van der Waals surface area contributed by atoms with Gasteiger partial charge in [0, 0.05) is 5.56 Å². The first-order valence-electron chi connectivity index (χ1n) is 7.78. The molecule has 6 heteroatoms. The Bertz CT molecular complexity index is 625. The van der Waals surface area contributed by atoms with Crippen LogP contribution in [0.5, 0.6) is 5.75 Å². The average molecular weight is 381 g/mol. The number of amides is 1. The predicted octanol–water partition coefficient (Wildman–Crippen LogP) is 1.89. The molecule has 0 aliphatic heterocycles. The number of nitrogens with one attached hydrogen (secondary N) is 1. The van der Waals surface area contributed by atoms with E-state index >= 15 is 0 Å². The van der Waals surface area contributed by atoms with E-state index in [0.717, 1.165) is 28.6 Å². The number of benzene rings is 1. The molecule has 0 radical (unpaired) electrons. The fourth-order valence-electron chi connectivity index (χ4n) is 2.61. The second-order valence-electron chi connectivity index (χ2n) is 6.26. The first-order valence-corrected chi connectivity index (χ1v) is 8.58. The lowest BCUT2D eigenvalue weighted by Crippen LogP contribution is -2.87. The SMILES string of the molecule is COc1ccc([C@@H](C)[NH2+]CC(=O)N[C@@](C)(C#N)C2CC2)cc1Br. The Morgan fingerprint density at radius 1 is 1.61 bits per heavy atom. The van der Waals surface area contributed by atoms with Crippen molar-refractivity contribution in [3.8, 4) is 11.8 Å². The maximum Gasteiger partial charge on any atom is 0.276 e. The second kappa shape index (κ2) is 7.33. The number of quaternary nitrogens is 1. The Kier molecular flexibility index (Phi) is 5.66. The molecule has 1 aromatic rings. The third kappa shape index (κ3) is 4.46. The van der Waals surface area contributed by atoms with Gasteiger partial charge in [0.05, 0.1) is 17.7 Å². The smallest absolute Gasteiger partial charge is 0.276 e. The quantitative estimate of drug-likeness (QED) is 0.757. The number of nitrogens with two attached hydrogens (primary N) is 1. The number of carbonyl (C=O) groups excluding carboxylic acids is 1. The summed E-state index contributed by atoms with van der Waals surface area (Å²) in [7, 11) is 1.63. The van der Waals surface area contributed by atoms with Crippen LogP contribution in [-0.4, -0.2) is 25.1 Å². The molecule has 0 spiro atoms. The molecule has 124 valence electrons. The summed E-state index contributed by atoms with van der Waals surface area (Å²) in [6.07, 6.45) is 2.04. The maximum absolute atomic E-state index is 12.1. The summed E-state index contributed by atoms with van der Waals surface area (Å²) in [6, 6.07) is 8.28. The van der Waals surface area contributed by atoms with E-state index in [1.54, 1.807) is 7.11 Å². The Morgan fingerprint density at radius 2 is 2.30 bits per heavy atom. The number of nitrogens with zero attached hydrogens (tertiary/aromatic N) is 1. The summed E-state index contributed by atoms with van der Waals surface area (Å²) in [5.41, 5.74) is 0.382. The Labute approximate surface area is 145 Å². The summed E-state index contributed by atoms with van der Waals surface area (Å²) >= 11 is 3.47. The first kappa shape index (κ1) is 17.8. The van der Waals surface area contributed by atoms with E-state index < -0.39 is 5.54 Å². The highest BCUT2D eigenvalue weighted by Crippen LogP contribution is 2.39. The van der Waals surface area contributed by atoms with Crippen LogP contribution >= 0.6 is 15.9 Å². The molecule has 3 N–H and O–H groups in total. The van der Waals surface area contributed by atoms with Crippen molar-refractivity contribution in [1.82, 2.24) is 5.32 Å². The molecule has 2 atom stereocenters. The van der Waals surface area contributed by atoms with Crippen molar-refractivity contribution in [1.29, 1.82) is 5.26 Å². The van der Waals surface area contributed by atoms with Crippen LogP contribution in [0.1, 0.15) is 38.3 Å². The topological polar surface area (TPSA) is 78.7 Å². The van der Waals surface area contributed by atoms with E-state index in [-0.39, 0.29) is 11.9 Å². The lowest BCUT2D eigenvalue weighted by molar-refractivity contribution is -0.682. The highest BCUT2D eigenvalue weighted by molar-refractivity contribution is 9.10. The Balaban J connectivity index is 1.88. The third-order valence-corrected chi connectivity index (χ3v) is 5.00. The number of halogens is 1. The zero-order valence-electron chi connectivity index (χ0n) is 13.7. The number of carbonyl (C=O) groups is 1. The number of rotatable bonds is 7. The lowest BCUT2D eigenvalue weighted by atomic mass is 9.98. The van der Waals surface area contributed by atoms with Crippen LogP contribution in [0.15, 0.2) is 22.7 Å². The molecule has 1 aliphatic rings. The van der Waals surface area contributed by atoms with Gasteiger partial charge < -0.3 is 15.4 Å². The summed E-state index contributed by atoms with van der Waals surface area (Å²) in [6.45, 7) is 4.16. The molecule has 1 aromatic carbocycles. The molecule has 0 aromatic heterocycles. The van der Waals surface area contributed by atoms with Gasteiger partial charge in [0.25, 0.3) is 5.91 Å². The van der Waals surface area contributed by atoms with Gasteiger partial charge in [-0.05, 0) is 66.7 Å². The fourth-order valence-corrected chi connectivity index (χ4v) is 3.17. The van der Waals surface area contributed by atoms with Crippen molar-refractivity contribution in [2.45, 2.75) is 38.3 Å². The van der Waals surface area contributed by atoms with E-state index in [1.807, 2.05) is 37.4 Å². The number of hydrogen-bond acceptors (Lipinski definition) is 3. The third-order valence-electron chi connectivity index (χ3n) is 4.38. The molecule has 0 bridgehead atoms. The number of ether oxygens (including phenoxy) is 1. The highest BCUT2D eigenvalue weighted by atomic mass is 79.9. The average Bonchev–Trinajstić information content (AvgIpc) is 3.37. The number of methoxy groups -OCH3 is 1. The van der Waals surface area contributed by atoms with Gasteiger partial charge in [0.15, 0.2) is 6.54 Å². The second-order valence-corrected chi connectivity index (χ2v) is 7.11. The molecule has 23 heavy (non-hydrogen) atoms. The molecule has 5 nitrogen and oxygen atoms in total. The van der Waals surface area contributed by atoms with E-state index in [4.69, 9.17) is 4.74 Å². The fraction of sp³-hybridized carbons (Fsp3) is 0.529. The van der Waals surface area contributed by atoms with Gasteiger partial charge in [-0.2, -0.15) is 5.26 Å².